The number of hydrogen-bond donors (Lipinski definition) is 0. The molecule has 118 valence electrons. The number of nitrogens with zero attached hydrogens (tertiary/aromatic N) is 2. The van der Waals surface area contributed by atoms with E-state index >= 15 is 0 Å². The van der Waals surface area contributed by atoms with Crippen molar-refractivity contribution in [2.75, 3.05) is 0 Å². The van der Waals surface area contributed by atoms with Crippen LogP contribution in [0, 0.1) is 0 Å². The summed E-state index contributed by atoms with van der Waals surface area (Å²) < 4.78 is 0. The molecule has 0 radical (unpaired) electrons. The van der Waals surface area contributed by atoms with Gasteiger partial charge >= 0.3 is 0 Å². The zero-order chi connectivity index (χ0) is 16.4. The number of aromatic nitrogens is 1. The van der Waals surface area contributed by atoms with E-state index in [4.69, 9.17) is 0 Å². The first-order chi connectivity index (χ1) is 11.0. The summed E-state index contributed by atoms with van der Waals surface area (Å²) in [4.78, 5) is 4.40. The predicted octanol–water partition coefficient (Wildman–Crippen LogP) is 4.81. The molecular formula is C20H20N2O-2. The van der Waals surface area contributed by atoms with Gasteiger partial charge in [0.05, 0.1) is 5.52 Å². The summed E-state index contributed by atoms with van der Waals surface area (Å²) >= 11 is 0. The molecule has 0 bridgehead atoms. The van der Waals surface area contributed by atoms with Crippen LogP contribution in [0.5, 0.6) is 5.75 Å². The quantitative estimate of drug-likeness (QED) is 0.697. The summed E-state index contributed by atoms with van der Waals surface area (Å²) in [6.07, 6.45) is 1.76. The van der Waals surface area contributed by atoms with Gasteiger partial charge in [-0.15, -0.1) is 18.0 Å². The minimum atomic E-state index is -0.159. The van der Waals surface area contributed by atoms with E-state index in [1.807, 2.05) is 48.5 Å². The third-order valence-corrected chi connectivity index (χ3v) is 3.94. The Bertz CT molecular complexity index is 829. The Hall–Kier alpha value is -2.55. The van der Waals surface area contributed by atoms with Crippen molar-refractivity contribution < 1.29 is 5.11 Å². The Morgan fingerprint density at radius 3 is 2.52 bits per heavy atom. The van der Waals surface area contributed by atoms with Gasteiger partial charge in [-0.1, -0.05) is 74.4 Å². The Labute approximate surface area is 137 Å². The molecule has 0 unspecified atom stereocenters. The maximum atomic E-state index is 12.6. The highest BCUT2D eigenvalue weighted by Crippen LogP contribution is 2.34. The van der Waals surface area contributed by atoms with E-state index < -0.39 is 0 Å². The molecule has 0 fully saturated rings. The van der Waals surface area contributed by atoms with Gasteiger partial charge in [0.15, 0.2) is 0 Å². The molecule has 0 atom stereocenters. The van der Waals surface area contributed by atoms with Gasteiger partial charge < -0.3 is 10.4 Å². The average Bonchev–Trinajstić information content (AvgIpc) is 2.53. The van der Waals surface area contributed by atoms with E-state index in [9.17, 15) is 5.11 Å². The monoisotopic (exact) mass is 304 g/mol. The third-order valence-electron chi connectivity index (χ3n) is 3.94. The van der Waals surface area contributed by atoms with Crippen LogP contribution >= 0.6 is 0 Å². The predicted molar refractivity (Wildman–Crippen MR) is 93.1 cm³/mol. The first kappa shape index (κ1) is 15.3. The summed E-state index contributed by atoms with van der Waals surface area (Å²) in [5.74, 6) is 0.0944. The van der Waals surface area contributed by atoms with Crippen LogP contribution in [0.25, 0.3) is 16.2 Å². The van der Waals surface area contributed by atoms with Crippen molar-refractivity contribution in [3.05, 3.63) is 71.2 Å². The van der Waals surface area contributed by atoms with Crippen LogP contribution in [0.3, 0.4) is 0 Å². The summed E-state index contributed by atoms with van der Waals surface area (Å²) in [5, 5.41) is 18.3. The van der Waals surface area contributed by atoms with E-state index in [-0.39, 0.29) is 11.2 Å². The molecule has 3 rings (SSSR count). The lowest BCUT2D eigenvalue weighted by atomic mass is 9.85. The minimum absolute atomic E-state index is 0.0944. The van der Waals surface area contributed by atoms with Gasteiger partial charge in [-0.2, -0.15) is 0 Å². The second kappa shape index (κ2) is 5.92. The van der Waals surface area contributed by atoms with E-state index in [1.165, 1.54) is 0 Å². The zero-order valence-electron chi connectivity index (χ0n) is 13.7. The molecule has 3 heteroatoms. The summed E-state index contributed by atoms with van der Waals surface area (Å²) in [5.41, 5.74) is 3.10. The van der Waals surface area contributed by atoms with Crippen molar-refractivity contribution >= 4 is 16.6 Å². The van der Waals surface area contributed by atoms with Crippen molar-refractivity contribution in [2.45, 2.75) is 32.7 Å². The van der Waals surface area contributed by atoms with Gasteiger partial charge in [-0.3, -0.25) is 4.98 Å². The molecule has 0 aliphatic carbocycles. The number of hydrogen-bond acceptors (Lipinski definition) is 2. The average molecular weight is 304 g/mol. The highest BCUT2D eigenvalue weighted by molar-refractivity contribution is 5.91. The van der Waals surface area contributed by atoms with Gasteiger partial charge in [0.1, 0.15) is 0 Å². The number of rotatable bonds is 3. The maximum absolute atomic E-state index is 12.6. The molecule has 0 aliphatic heterocycles. The van der Waals surface area contributed by atoms with Gasteiger partial charge in [0.2, 0.25) is 0 Å². The highest BCUT2D eigenvalue weighted by Gasteiger charge is 2.14. The van der Waals surface area contributed by atoms with Gasteiger partial charge in [0, 0.05) is 6.20 Å². The number of fused-ring (bicyclic) bond motifs is 1. The van der Waals surface area contributed by atoms with E-state index in [2.05, 4.69) is 31.1 Å². The molecule has 0 N–H and O–H groups in total. The van der Waals surface area contributed by atoms with E-state index in [0.29, 0.717) is 6.54 Å². The van der Waals surface area contributed by atoms with E-state index in [1.54, 1.807) is 6.20 Å². The standard InChI is InChI=1S/C20H21N2O/c1-20(2,3)16-10-4-8-15(19(16)23)13-22-17-11-5-7-14-9-6-12-21-18(14)17/h4-12,23H,13H2,1-3H3/q-1/p-1. The van der Waals surface area contributed by atoms with Crippen molar-refractivity contribution in [1.82, 2.24) is 4.98 Å². The summed E-state index contributed by atoms with van der Waals surface area (Å²) in [6, 6.07) is 15.6. The Morgan fingerprint density at radius 2 is 1.74 bits per heavy atom. The molecule has 0 aliphatic rings. The molecule has 3 aromatic rings. The lowest BCUT2D eigenvalue weighted by Gasteiger charge is -2.31. The first-order valence-corrected chi connectivity index (χ1v) is 7.77. The zero-order valence-corrected chi connectivity index (χ0v) is 13.7. The molecule has 0 saturated carbocycles. The lowest BCUT2D eigenvalue weighted by Crippen LogP contribution is -2.15. The maximum Gasteiger partial charge on any atom is 0.0553 e. The Balaban J connectivity index is 1.89. The number of benzene rings is 2. The molecule has 2 aromatic carbocycles. The highest BCUT2D eigenvalue weighted by atomic mass is 16.3. The SMILES string of the molecule is CC(C)(C)c1cccc(C[N-]c2cccc3cccnc23)c1[O-]. The minimum Gasteiger partial charge on any atom is -0.872 e. The second-order valence-corrected chi connectivity index (χ2v) is 6.71. The number of para-hydroxylation sites is 2. The van der Waals surface area contributed by atoms with Crippen LogP contribution < -0.4 is 5.11 Å². The smallest absolute Gasteiger partial charge is 0.0553 e. The molecule has 0 amide bonds. The molecule has 1 heterocycles. The van der Waals surface area contributed by atoms with Gasteiger partial charge in [0.25, 0.3) is 0 Å². The van der Waals surface area contributed by atoms with Crippen molar-refractivity contribution in [1.29, 1.82) is 0 Å². The fourth-order valence-electron chi connectivity index (χ4n) is 2.69. The largest absolute Gasteiger partial charge is 0.872 e. The van der Waals surface area contributed by atoms with E-state index in [0.717, 1.165) is 27.7 Å². The summed E-state index contributed by atoms with van der Waals surface area (Å²) in [7, 11) is 0. The van der Waals surface area contributed by atoms with Crippen molar-refractivity contribution in [3.8, 4) is 5.75 Å². The lowest BCUT2D eigenvalue weighted by molar-refractivity contribution is -0.271. The molecule has 0 spiro atoms. The van der Waals surface area contributed by atoms with Crippen LogP contribution in [0.4, 0.5) is 5.69 Å². The number of pyridine rings is 1. The fraction of sp³-hybridized carbons (Fsp3) is 0.250. The van der Waals surface area contributed by atoms with Crippen molar-refractivity contribution in [2.24, 2.45) is 0 Å². The third kappa shape index (κ3) is 3.14. The summed E-state index contributed by atoms with van der Waals surface area (Å²) in [6.45, 7) is 6.54. The van der Waals surface area contributed by atoms with Crippen LogP contribution in [0.15, 0.2) is 54.7 Å². The van der Waals surface area contributed by atoms with Crippen LogP contribution in [-0.4, -0.2) is 4.98 Å². The Morgan fingerprint density at radius 1 is 1.00 bits per heavy atom. The van der Waals surface area contributed by atoms with Crippen LogP contribution in [-0.2, 0) is 12.0 Å². The molecule has 3 nitrogen and oxygen atoms in total. The fourth-order valence-corrected chi connectivity index (χ4v) is 2.69. The molecule has 1 aromatic heterocycles. The Kier molecular flexibility index (Phi) is 3.95. The van der Waals surface area contributed by atoms with Crippen LogP contribution in [0.1, 0.15) is 31.9 Å². The topological polar surface area (TPSA) is 50.0 Å². The van der Waals surface area contributed by atoms with Gasteiger partial charge in [-0.05, 0) is 16.9 Å². The molecular weight excluding hydrogens is 284 g/mol. The van der Waals surface area contributed by atoms with Gasteiger partial charge in [-0.25, -0.2) is 0 Å². The van der Waals surface area contributed by atoms with Crippen molar-refractivity contribution in [3.63, 3.8) is 0 Å². The normalized spacial score (nSPS) is 11.6. The molecule has 0 saturated heterocycles. The molecule has 23 heavy (non-hydrogen) atoms. The van der Waals surface area contributed by atoms with Crippen LogP contribution in [0.2, 0.25) is 0 Å². The first-order valence-electron chi connectivity index (χ1n) is 7.77. The second-order valence-electron chi connectivity index (χ2n) is 6.71.